The first-order valence-corrected chi connectivity index (χ1v) is 22.0. The Kier molecular flexibility index (Phi) is 6.75. The van der Waals surface area contributed by atoms with Crippen LogP contribution < -0.4 is 0 Å². The molecular weight excluding hydrogens is 521 g/mol. The van der Waals surface area contributed by atoms with Crippen LogP contribution in [0.2, 0.25) is 0 Å². The molecule has 3 rings (SSSR count). The van der Waals surface area contributed by atoms with Gasteiger partial charge in [0.05, 0.1) is 0 Å². The van der Waals surface area contributed by atoms with Gasteiger partial charge < -0.3 is 0 Å². The van der Waals surface area contributed by atoms with E-state index in [1.54, 1.807) is 0 Å². The van der Waals surface area contributed by atoms with Gasteiger partial charge in [0.2, 0.25) is 0 Å². The molecule has 0 amide bonds. The molecule has 0 fully saturated rings. The van der Waals surface area contributed by atoms with Gasteiger partial charge in [-0.2, -0.15) is 0 Å². The Morgan fingerprint density at radius 3 is 0.955 bits per heavy atom. The molecule has 0 heterocycles. The Labute approximate surface area is 147 Å². The number of hydrogen-bond donors (Lipinski definition) is 0. The fourth-order valence-corrected chi connectivity index (χ4v) is 31.3. The molecule has 0 saturated carbocycles. The van der Waals surface area contributed by atoms with Crippen LogP contribution in [-0.2, 0) is 0 Å². The van der Waals surface area contributed by atoms with Crippen LogP contribution in [0.25, 0.3) is 0 Å². The average molecular weight is 536 g/mol. The van der Waals surface area contributed by atoms with Crippen LogP contribution in [0, 0.1) is 0 Å². The van der Waals surface area contributed by atoms with Gasteiger partial charge in [-0.1, -0.05) is 0 Å². The normalized spacial score (nSPS) is 10.8. The fourth-order valence-electron chi connectivity index (χ4n) is 1.76. The first kappa shape index (κ1) is 16.5. The summed E-state index contributed by atoms with van der Waals surface area (Å²) in [5.41, 5.74) is 0. The molecule has 0 nitrogen and oxygen atoms in total. The van der Waals surface area contributed by atoms with Gasteiger partial charge in [0.15, 0.2) is 0 Å². The van der Waals surface area contributed by atoms with Gasteiger partial charge in [-0.25, -0.2) is 0 Å². The van der Waals surface area contributed by atoms with E-state index in [1.807, 2.05) is 0 Å². The fraction of sp³-hybridized carbons (Fsp3) is 0. The SMILES string of the molecule is c1ccc([S][Bi]([S]c2ccccc2)[S]c2ccccc2)cc1. The van der Waals surface area contributed by atoms with Crippen LogP contribution in [-0.4, -0.2) is 17.4 Å². The molecule has 0 radical (unpaired) electrons. The maximum atomic E-state index is 2.23. The van der Waals surface area contributed by atoms with Crippen LogP contribution in [0.1, 0.15) is 0 Å². The Morgan fingerprint density at radius 2 is 0.682 bits per heavy atom. The van der Waals surface area contributed by atoms with E-state index in [1.165, 1.54) is 14.7 Å². The van der Waals surface area contributed by atoms with E-state index in [0.717, 1.165) is 0 Å². The van der Waals surface area contributed by atoms with Crippen LogP contribution in [0.3, 0.4) is 0 Å². The molecule has 110 valence electrons. The van der Waals surface area contributed by atoms with Gasteiger partial charge >= 0.3 is 149 Å². The maximum absolute atomic E-state index is 2.23. The topological polar surface area (TPSA) is 0 Å². The van der Waals surface area contributed by atoms with E-state index in [-0.39, 0.29) is 0 Å². The summed E-state index contributed by atoms with van der Waals surface area (Å²) in [7, 11) is 6.32. The predicted octanol–water partition coefficient (Wildman–Crippen LogP) is 6.35. The van der Waals surface area contributed by atoms with Crippen molar-refractivity contribution in [2.75, 3.05) is 0 Å². The quantitative estimate of drug-likeness (QED) is 0.337. The minimum atomic E-state index is -1.88. The predicted molar refractivity (Wildman–Crippen MR) is 103 cm³/mol. The van der Waals surface area contributed by atoms with Gasteiger partial charge in [0.25, 0.3) is 0 Å². The molecule has 0 N–H and O–H groups in total. The Hall–Kier alpha value is -0.407. The summed E-state index contributed by atoms with van der Waals surface area (Å²) in [6.07, 6.45) is 0. The third-order valence-corrected chi connectivity index (χ3v) is 29.0. The van der Waals surface area contributed by atoms with Gasteiger partial charge in [-0.05, 0) is 0 Å². The van der Waals surface area contributed by atoms with Gasteiger partial charge in [-0.15, -0.1) is 0 Å². The molecule has 0 aliphatic carbocycles. The second kappa shape index (κ2) is 9.03. The number of benzene rings is 3. The van der Waals surface area contributed by atoms with Crippen LogP contribution in [0.15, 0.2) is 106 Å². The summed E-state index contributed by atoms with van der Waals surface area (Å²) in [6, 6.07) is 32.4. The van der Waals surface area contributed by atoms with E-state index in [0.29, 0.717) is 0 Å². The van der Waals surface area contributed by atoms with Crippen molar-refractivity contribution in [2.24, 2.45) is 0 Å². The van der Waals surface area contributed by atoms with Crippen LogP contribution in [0.5, 0.6) is 0 Å². The van der Waals surface area contributed by atoms with Crippen LogP contribution >= 0.6 is 25.6 Å². The Morgan fingerprint density at radius 1 is 0.409 bits per heavy atom. The zero-order valence-corrected chi connectivity index (χ0v) is 17.8. The van der Waals surface area contributed by atoms with Crippen LogP contribution in [0.4, 0.5) is 0 Å². The summed E-state index contributed by atoms with van der Waals surface area (Å²) in [4.78, 5) is 4.19. The van der Waals surface area contributed by atoms with Crippen molar-refractivity contribution in [3.05, 3.63) is 91.0 Å². The molecule has 0 bridgehead atoms. The summed E-state index contributed by atoms with van der Waals surface area (Å²) in [5.74, 6) is 0. The minimum absolute atomic E-state index is 1.40. The second-order valence-electron chi connectivity index (χ2n) is 4.44. The molecule has 0 spiro atoms. The monoisotopic (exact) mass is 536 g/mol. The molecule has 22 heavy (non-hydrogen) atoms. The molecule has 0 saturated heterocycles. The van der Waals surface area contributed by atoms with Crippen molar-refractivity contribution in [3.8, 4) is 0 Å². The number of hydrogen-bond acceptors (Lipinski definition) is 3. The van der Waals surface area contributed by atoms with Crippen molar-refractivity contribution < 1.29 is 0 Å². The summed E-state index contributed by atoms with van der Waals surface area (Å²) < 4.78 is 0. The number of rotatable bonds is 6. The first-order chi connectivity index (χ1) is 10.9. The average Bonchev–Trinajstić information content (AvgIpc) is 2.57. The van der Waals surface area contributed by atoms with E-state index >= 15 is 0 Å². The standard InChI is InChI=1S/3C6H6S.Bi/c3*7-6-4-2-1-3-5-6;/h3*1-5,7H;/q;;;+3/p-3. The zero-order valence-electron chi connectivity index (χ0n) is 11.8. The zero-order chi connectivity index (χ0) is 15.0. The summed E-state index contributed by atoms with van der Waals surface area (Å²) in [6.45, 7) is 0. The summed E-state index contributed by atoms with van der Waals surface area (Å²) >= 11 is -1.88. The van der Waals surface area contributed by atoms with Gasteiger partial charge in [-0.3, -0.25) is 0 Å². The second-order valence-corrected chi connectivity index (χ2v) is 30.2. The Bertz CT molecular complexity index is 576. The molecule has 0 unspecified atom stereocenters. The van der Waals surface area contributed by atoms with Crippen molar-refractivity contribution in [3.63, 3.8) is 0 Å². The van der Waals surface area contributed by atoms with Gasteiger partial charge in [0.1, 0.15) is 0 Å². The molecule has 3 aromatic carbocycles. The molecule has 0 atom stereocenters. The molecule has 0 aliphatic rings. The third kappa shape index (κ3) is 5.35. The van der Waals surface area contributed by atoms with E-state index in [2.05, 4.69) is 117 Å². The summed E-state index contributed by atoms with van der Waals surface area (Å²) in [5, 5.41) is 0. The van der Waals surface area contributed by atoms with Crippen molar-refractivity contribution in [1.29, 1.82) is 0 Å². The molecule has 3 aromatic rings. The van der Waals surface area contributed by atoms with Crippen molar-refractivity contribution >= 4 is 42.9 Å². The molecular formula is C18H15BiS3. The molecule has 0 aromatic heterocycles. The first-order valence-electron chi connectivity index (χ1n) is 6.89. The molecule has 0 aliphatic heterocycles. The van der Waals surface area contributed by atoms with Gasteiger partial charge in [0, 0.05) is 0 Å². The van der Waals surface area contributed by atoms with E-state index < -0.39 is 17.4 Å². The third-order valence-electron chi connectivity index (χ3n) is 2.77. The Balaban J connectivity index is 1.75. The van der Waals surface area contributed by atoms with Crippen molar-refractivity contribution in [1.82, 2.24) is 0 Å². The van der Waals surface area contributed by atoms with Crippen molar-refractivity contribution in [2.45, 2.75) is 14.7 Å². The molecule has 4 heteroatoms. The van der Waals surface area contributed by atoms with E-state index in [4.69, 9.17) is 0 Å². The van der Waals surface area contributed by atoms with E-state index in [9.17, 15) is 0 Å².